The Hall–Kier alpha value is -1.71. The summed E-state index contributed by atoms with van der Waals surface area (Å²) in [6, 6.07) is 6.10. The molecule has 0 spiro atoms. The maximum atomic E-state index is 10.7. The standard InChI is InChI=1S/C10H9N3O/c14-6-7-2-1-3-9-10(7)11-12-13(9)8-4-5-8/h1-3,6,8H,4-5H2. The molecule has 70 valence electrons. The summed E-state index contributed by atoms with van der Waals surface area (Å²) in [7, 11) is 0. The zero-order chi connectivity index (χ0) is 9.54. The molecule has 2 aromatic rings. The van der Waals surface area contributed by atoms with Crippen LogP contribution in [-0.2, 0) is 0 Å². The quantitative estimate of drug-likeness (QED) is 0.670. The van der Waals surface area contributed by atoms with Crippen molar-refractivity contribution in [3.63, 3.8) is 0 Å². The van der Waals surface area contributed by atoms with Crippen LogP contribution in [0.25, 0.3) is 11.0 Å². The number of fused-ring (bicyclic) bond motifs is 1. The fourth-order valence-electron chi connectivity index (χ4n) is 1.67. The van der Waals surface area contributed by atoms with Crippen LogP contribution in [0.2, 0.25) is 0 Å². The number of benzene rings is 1. The third kappa shape index (κ3) is 0.968. The third-order valence-corrected chi connectivity index (χ3v) is 2.55. The minimum absolute atomic E-state index is 0.502. The lowest BCUT2D eigenvalue weighted by molar-refractivity contribution is 0.112. The largest absolute Gasteiger partial charge is 0.298 e. The van der Waals surface area contributed by atoms with Crippen molar-refractivity contribution in [3.05, 3.63) is 23.8 Å². The van der Waals surface area contributed by atoms with E-state index in [0.29, 0.717) is 11.6 Å². The highest BCUT2D eigenvalue weighted by atomic mass is 16.1. The summed E-state index contributed by atoms with van der Waals surface area (Å²) >= 11 is 0. The first-order valence-electron chi connectivity index (χ1n) is 4.69. The lowest BCUT2D eigenvalue weighted by Crippen LogP contribution is -1.95. The number of rotatable bonds is 2. The van der Waals surface area contributed by atoms with Gasteiger partial charge in [-0.2, -0.15) is 0 Å². The fraction of sp³-hybridized carbons (Fsp3) is 0.300. The van der Waals surface area contributed by atoms with Crippen molar-refractivity contribution in [2.75, 3.05) is 0 Å². The average molecular weight is 187 g/mol. The van der Waals surface area contributed by atoms with Gasteiger partial charge in [0, 0.05) is 5.56 Å². The number of carbonyl (C=O) groups excluding carboxylic acids is 1. The molecule has 0 aliphatic heterocycles. The van der Waals surface area contributed by atoms with Crippen LogP contribution in [0, 0.1) is 0 Å². The number of hydrogen-bond donors (Lipinski definition) is 0. The van der Waals surface area contributed by atoms with Gasteiger partial charge in [0.15, 0.2) is 6.29 Å². The number of hydrogen-bond acceptors (Lipinski definition) is 3. The van der Waals surface area contributed by atoms with E-state index in [1.54, 1.807) is 6.07 Å². The van der Waals surface area contributed by atoms with Gasteiger partial charge in [0.05, 0.1) is 11.6 Å². The van der Waals surface area contributed by atoms with Crippen molar-refractivity contribution < 1.29 is 4.79 Å². The minimum atomic E-state index is 0.502. The van der Waals surface area contributed by atoms with Crippen LogP contribution in [0.5, 0.6) is 0 Å². The molecule has 0 amide bonds. The molecule has 1 heterocycles. The lowest BCUT2D eigenvalue weighted by Gasteiger charge is -1.97. The number of aldehydes is 1. The molecule has 1 fully saturated rings. The molecule has 3 rings (SSSR count). The van der Waals surface area contributed by atoms with E-state index in [2.05, 4.69) is 10.3 Å². The third-order valence-electron chi connectivity index (χ3n) is 2.55. The summed E-state index contributed by atoms with van der Waals surface area (Å²) in [6.45, 7) is 0. The van der Waals surface area contributed by atoms with Gasteiger partial charge in [-0.1, -0.05) is 11.3 Å². The number of carbonyl (C=O) groups is 1. The van der Waals surface area contributed by atoms with Crippen molar-refractivity contribution in [1.29, 1.82) is 0 Å². The molecule has 0 bridgehead atoms. The molecule has 14 heavy (non-hydrogen) atoms. The normalized spacial score (nSPS) is 16.0. The van der Waals surface area contributed by atoms with E-state index < -0.39 is 0 Å². The van der Waals surface area contributed by atoms with E-state index in [9.17, 15) is 4.79 Å². The smallest absolute Gasteiger partial charge is 0.152 e. The van der Waals surface area contributed by atoms with E-state index in [0.717, 1.165) is 17.3 Å². The summed E-state index contributed by atoms with van der Waals surface area (Å²) in [5.74, 6) is 0. The molecule has 0 unspecified atom stereocenters. The second-order valence-electron chi connectivity index (χ2n) is 3.60. The van der Waals surface area contributed by atoms with Gasteiger partial charge in [-0.3, -0.25) is 4.79 Å². The van der Waals surface area contributed by atoms with Gasteiger partial charge in [0.2, 0.25) is 0 Å². The molecule has 1 aliphatic rings. The van der Waals surface area contributed by atoms with Gasteiger partial charge < -0.3 is 0 Å². The average Bonchev–Trinajstić information content (AvgIpc) is 2.97. The predicted octanol–water partition coefficient (Wildman–Crippen LogP) is 1.58. The molecule has 1 saturated carbocycles. The first-order valence-corrected chi connectivity index (χ1v) is 4.69. The topological polar surface area (TPSA) is 47.8 Å². The molecule has 1 aromatic carbocycles. The minimum Gasteiger partial charge on any atom is -0.298 e. The van der Waals surface area contributed by atoms with Crippen LogP contribution >= 0.6 is 0 Å². The Balaban J connectivity index is 2.30. The Morgan fingerprint density at radius 2 is 2.29 bits per heavy atom. The monoisotopic (exact) mass is 187 g/mol. The van der Waals surface area contributed by atoms with Gasteiger partial charge >= 0.3 is 0 Å². The molecule has 1 aromatic heterocycles. The Morgan fingerprint density at radius 3 is 3.00 bits per heavy atom. The highest BCUT2D eigenvalue weighted by molar-refractivity contribution is 5.93. The fourth-order valence-corrected chi connectivity index (χ4v) is 1.67. The Morgan fingerprint density at radius 1 is 1.43 bits per heavy atom. The molecule has 0 atom stereocenters. The molecule has 0 saturated heterocycles. The Bertz CT molecular complexity index is 499. The van der Waals surface area contributed by atoms with Crippen molar-refractivity contribution in [2.45, 2.75) is 18.9 Å². The molecule has 0 radical (unpaired) electrons. The van der Waals surface area contributed by atoms with Crippen LogP contribution in [0.3, 0.4) is 0 Å². The van der Waals surface area contributed by atoms with Crippen LogP contribution in [-0.4, -0.2) is 21.3 Å². The molecule has 4 heteroatoms. The summed E-state index contributed by atoms with van der Waals surface area (Å²) in [4.78, 5) is 10.7. The van der Waals surface area contributed by atoms with E-state index in [1.807, 2.05) is 16.8 Å². The van der Waals surface area contributed by atoms with E-state index in [4.69, 9.17) is 0 Å². The van der Waals surface area contributed by atoms with E-state index in [1.165, 1.54) is 12.8 Å². The lowest BCUT2D eigenvalue weighted by atomic mass is 10.2. The molecular formula is C10H9N3O. The van der Waals surface area contributed by atoms with Crippen molar-refractivity contribution in [3.8, 4) is 0 Å². The second-order valence-corrected chi connectivity index (χ2v) is 3.60. The Labute approximate surface area is 80.5 Å². The SMILES string of the molecule is O=Cc1cccc2c1nnn2C1CC1. The van der Waals surface area contributed by atoms with Gasteiger partial charge in [-0.05, 0) is 25.0 Å². The van der Waals surface area contributed by atoms with Crippen molar-refractivity contribution in [2.24, 2.45) is 0 Å². The molecule has 0 N–H and O–H groups in total. The summed E-state index contributed by atoms with van der Waals surface area (Å²) in [5.41, 5.74) is 2.31. The first-order chi connectivity index (χ1) is 6.90. The first kappa shape index (κ1) is 7.67. The van der Waals surface area contributed by atoms with Crippen molar-refractivity contribution >= 4 is 17.3 Å². The molecule has 4 nitrogen and oxygen atoms in total. The van der Waals surface area contributed by atoms with Gasteiger partial charge in [-0.15, -0.1) is 5.10 Å². The highest BCUT2D eigenvalue weighted by Gasteiger charge is 2.26. The van der Waals surface area contributed by atoms with E-state index in [-0.39, 0.29) is 0 Å². The summed E-state index contributed by atoms with van der Waals surface area (Å²) in [6.07, 6.45) is 3.17. The van der Waals surface area contributed by atoms with Crippen molar-refractivity contribution in [1.82, 2.24) is 15.0 Å². The zero-order valence-electron chi connectivity index (χ0n) is 7.55. The summed E-state index contributed by atoms with van der Waals surface area (Å²) < 4.78 is 1.92. The Kier molecular flexibility index (Phi) is 1.45. The number of nitrogens with zero attached hydrogens (tertiary/aromatic N) is 3. The van der Waals surface area contributed by atoms with Crippen LogP contribution < -0.4 is 0 Å². The van der Waals surface area contributed by atoms with Crippen LogP contribution in [0.4, 0.5) is 0 Å². The zero-order valence-corrected chi connectivity index (χ0v) is 7.55. The molecule has 1 aliphatic carbocycles. The maximum absolute atomic E-state index is 10.7. The summed E-state index contributed by atoms with van der Waals surface area (Å²) in [5, 5.41) is 8.11. The number of aromatic nitrogens is 3. The van der Waals surface area contributed by atoms with Gasteiger partial charge in [-0.25, -0.2) is 4.68 Å². The second kappa shape index (κ2) is 2.64. The van der Waals surface area contributed by atoms with E-state index >= 15 is 0 Å². The highest BCUT2D eigenvalue weighted by Crippen LogP contribution is 2.36. The van der Waals surface area contributed by atoms with Gasteiger partial charge in [0.1, 0.15) is 5.52 Å². The molecular weight excluding hydrogens is 178 g/mol. The van der Waals surface area contributed by atoms with Crippen LogP contribution in [0.1, 0.15) is 29.2 Å². The van der Waals surface area contributed by atoms with Crippen LogP contribution in [0.15, 0.2) is 18.2 Å². The van der Waals surface area contributed by atoms with Gasteiger partial charge in [0.25, 0.3) is 0 Å². The predicted molar refractivity (Wildman–Crippen MR) is 51.2 cm³/mol. The maximum Gasteiger partial charge on any atom is 0.152 e.